The Hall–Kier alpha value is -2.56. The van der Waals surface area contributed by atoms with Crippen LogP contribution in [0.15, 0.2) is 35.3 Å². The lowest BCUT2D eigenvalue weighted by atomic mass is 9.92. The summed E-state index contributed by atoms with van der Waals surface area (Å²) in [6.45, 7) is 6.33. The quantitative estimate of drug-likeness (QED) is 0.627. The molecule has 2 aromatic heterocycles. The summed E-state index contributed by atoms with van der Waals surface area (Å²) in [6.07, 6.45) is 1.64. The van der Waals surface area contributed by atoms with E-state index in [0.29, 0.717) is 11.4 Å². The maximum absolute atomic E-state index is 9.97. The molecule has 0 atom stereocenters. The lowest BCUT2D eigenvalue weighted by Crippen LogP contribution is -2.11. The fourth-order valence-electron chi connectivity index (χ4n) is 2.17. The topological polar surface area (TPSA) is 77.1 Å². The van der Waals surface area contributed by atoms with Crippen LogP contribution in [-0.4, -0.2) is 26.5 Å². The highest BCUT2D eigenvalue weighted by atomic mass is 16.3. The number of hydrogen-bond acceptors (Lipinski definition) is 3. The second kappa shape index (κ2) is 4.77. The summed E-state index contributed by atoms with van der Waals surface area (Å²) in [7, 11) is 0. The standard InChI is InChI=1S/C16H18N4O/c1-16(2,3)13-8-14(20-19-13)17-9-11-10-6-4-5-7-12(10)18-15(11)21/h4-9,18,21H,1-3H3,(H,19,20). The molecule has 3 rings (SSSR count). The van der Waals surface area contributed by atoms with Crippen molar-refractivity contribution < 1.29 is 5.11 Å². The van der Waals surface area contributed by atoms with Gasteiger partial charge in [0.05, 0.1) is 5.56 Å². The van der Waals surface area contributed by atoms with Crippen LogP contribution < -0.4 is 0 Å². The minimum absolute atomic E-state index is 0.00366. The van der Waals surface area contributed by atoms with Crippen LogP contribution in [0.5, 0.6) is 5.88 Å². The van der Waals surface area contributed by atoms with Gasteiger partial charge in [-0.3, -0.25) is 5.10 Å². The van der Waals surface area contributed by atoms with Crippen molar-refractivity contribution in [3.05, 3.63) is 41.6 Å². The van der Waals surface area contributed by atoms with Crippen LogP contribution in [-0.2, 0) is 5.41 Å². The highest BCUT2D eigenvalue weighted by Gasteiger charge is 2.16. The summed E-state index contributed by atoms with van der Waals surface area (Å²) in [5.41, 5.74) is 2.58. The van der Waals surface area contributed by atoms with Crippen LogP contribution in [0.3, 0.4) is 0 Å². The molecule has 0 radical (unpaired) electrons. The Kier molecular flexibility index (Phi) is 3.05. The molecular weight excluding hydrogens is 264 g/mol. The van der Waals surface area contributed by atoms with E-state index in [4.69, 9.17) is 0 Å². The minimum Gasteiger partial charge on any atom is -0.494 e. The lowest BCUT2D eigenvalue weighted by Gasteiger charge is -2.14. The highest BCUT2D eigenvalue weighted by molar-refractivity contribution is 6.02. The van der Waals surface area contributed by atoms with Crippen LogP contribution in [0.1, 0.15) is 32.0 Å². The molecule has 0 amide bonds. The van der Waals surface area contributed by atoms with Gasteiger partial charge in [-0.05, 0) is 6.07 Å². The van der Waals surface area contributed by atoms with Gasteiger partial charge in [-0.15, -0.1) is 0 Å². The van der Waals surface area contributed by atoms with Gasteiger partial charge in [0.15, 0.2) is 11.7 Å². The molecule has 3 N–H and O–H groups in total. The van der Waals surface area contributed by atoms with Gasteiger partial charge in [0.1, 0.15) is 0 Å². The average Bonchev–Trinajstić information content (AvgIpc) is 3.00. The van der Waals surface area contributed by atoms with Crippen LogP contribution in [0.2, 0.25) is 0 Å². The fraction of sp³-hybridized carbons (Fsp3) is 0.250. The van der Waals surface area contributed by atoms with Gasteiger partial charge in [0, 0.05) is 34.3 Å². The predicted octanol–water partition coefficient (Wildman–Crippen LogP) is 3.64. The van der Waals surface area contributed by atoms with Crippen molar-refractivity contribution in [3.63, 3.8) is 0 Å². The van der Waals surface area contributed by atoms with Gasteiger partial charge < -0.3 is 10.1 Å². The second-order valence-corrected chi connectivity index (χ2v) is 6.08. The zero-order valence-corrected chi connectivity index (χ0v) is 12.3. The molecule has 3 aromatic rings. The molecule has 0 aliphatic heterocycles. The van der Waals surface area contributed by atoms with Crippen LogP contribution in [0.4, 0.5) is 5.82 Å². The number of para-hydroxylation sites is 1. The Bertz CT molecular complexity index is 805. The van der Waals surface area contributed by atoms with Gasteiger partial charge in [-0.2, -0.15) is 5.10 Å². The van der Waals surface area contributed by atoms with E-state index in [1.807, 2.05) is 30.3 Å². The van der Waals surface area contributed by atoms with Gasteiger partial charge in [0.2, 0.25) is 0 Å². The largest absolute Gasteiger partial charge is 0.494 e. The van der Waals surface area contributed by atoms with Crippen molar-refractivity contribution in [2.75, 3.05) is 0 Å². The molecule has 1 aromatic carbocycles. The monoisotopic (exact) mass is 282 g/mol. The summed E-state index contributed by atoms with van der Waals surface area (Å²) < 4.78 is 0. The molecule has 5 nitrogen and oxygen atoms in total. The van der Waals surface area contributed by atoms with E-state index in [1.165, 1.54) is 0 Å². The van der Waals surface area contributed by atoms with E-state index >= 15 is 0 Å². The molecule has 0 unspecified atom stereocenters. The molecule has 108 valence electrons. The molecule has 0 bridgehead atoms. The summed E-state index contributed by atoms with van der Waals surface area (Å²) in [6, 6.07) is 9.63. The summed E-state index contributed by atoms with van der Waals surface area (Å²) in [4.78, 5) is 7.28. The Balaban J connectivity index is 1.95. The number of H-pyrrole nitrogens is 2. The Labute approximate surface area is 122 Å². The first-order chi connectivity index (χ1) is 9.95. The van der Waals surface area contributed by atoms with Crippen LogP contribution in [0.25, 0.3) is 10.9 Å². The summed E-state index contributed by atoms with van der Waals surface area (Å²) in [5, 5.41) is 18.1. The third-order valence-corrected chi connectivity index (χ3v) is 3.42. The van der Waals surface area contributed by atoms with Crippen LogP contribution >= 0.6 is 0 Å². The molecule has 21 heavy (non-hydrogen) atoms. The predicted molar refractivity (Wildman–Crippen MR) is 84.5 cm³/mol. The smallest absolute Gasteiger partial charge is 0.198 e. The van der Waals surface area contributed by atoms with Crippen molar-refractivity contribution in [3.8, 4) is 5.88 Å². The molecule has 2 heterocycles. The van der Waals surface area contributed by atoms with E-state index in [0.717, 1.165) is 16.6 Å². The number of nitrogens with one attached hydrogen (secondary N) is 2. The molecule has 0 aliphatic rings. The maximum atomic E-state index is 9.97. The number of nitrogens with zero attached hydrogens (tertiary/aromatic N) is 2. The number of fused-ring (bicyclic) bond motifs is 1. The Morgan fingerprint density at radius 3 is 2.71 bits per heavy atom. The van der Waals surface area contributed by atoms with E-state index in [-0.39, 0.29) is 11.3 Å². The number of aromatic hydroxyl groups is 1. The zero-order valence-electron chi connectivity index (χ0n) is 12.3. The van der Waals surface area contributed by atoms with E-state index < -0.39 is 0 Å². The molecule has 0 saturated carbocycles. The Morgan fingerprint density at radius 2 is 2.00 bits per heavy atom. The summed E-state index contributed by atoms with van der Waals surface area (Å²) in [5.74, 6) is 0.719. The normalized spacial score (nSPS) is 12.5. The van der Waals surface area contributed by atoms with Gasteiger partial charge in [-0.1, -0.05) is 39.0 Å². The first-order valence-corrected chi connectivity index (χ1v) is 6.85. The number of aromatic nitrogens is 3. The SMILES string of the molecule is CC(C)(C)c1cc(N=Cc2c(O)[nH]c3ccccc23)n[nH]1. The van der Waals surface area contributed by atoms with E-state index in [9.17, 15) is 5.11 Å². The fourth-order valence-corrected chi connectivity index (χ4v) is 2.17. The summed E-state index contributed by atoms with van der Waals surface area (Å²) >= 11 is 0. The van der Waals surface area contributed by atoms with Crippen molar-refractivity contribution in [1.82, 2.24) is 15.2 Å². The van der Waals surface area contributed by atoms with Crippen molar-refractivity contribution in [2.45, 2.75) is 26.2 Å². The average molecular weight is 282 g/mol. The first kappa shape index (κ1) is 13.4. The van der Waals surface area contributed by atoms with Crippen molar-refractivity contribution in [2.24, 2.45) is 4.99 Å². The molecule has 0 fully saturated rings. The lowest BCUT2D eigenvalue weighted by molar-refractivity contribution is 0.457. The zero-order chi connectivity index (χ0) is 15.0. The first-order valence-electron chi connectivity index (χ1n) is 6.85. The molecule has 0 spiro atoms. The van der Waals surface area contributed by atoms with Gasteiger partial charge in [0.25, 0.3) is 0 Å². The highest BCUT2D eigenvalue weighted by Crippen LogP contribution is 2.27. The molecule has 0 saturated heterocycles. The third-order valence-electron chi connectivity index (χ3n) is 3.42. The van der Waals surface area contributed by atoms with E-state index in [2.05, 4.69) is 40.9 Å². The van der Waals surface area contributed by atoms with Gasteiger partial charge in [-0.25, -0.2) is 4.99 Å². The number of rotatable bonds is 2. The van der Waals surface area contributed by atoms with E-state index in [1.54, 1.807) is 6.21 Å². The molecule has 0 aliphatic carbocycles. The Morgan fingerprint density at radius 1 is 1.24 bits per heavy atom. The van der Waals surface area contributed by atoms with Gasteiger partial charge >= 0.3 is 0 Å². The number of aromatic amines is 2. The minimum atomic E-state index is 0.00366. The molecule has 5 heteroatoms. The molecular formula is C16H18N4O. The number of aliphatic imine (C=N–C) groups is 1. The van der Waals surface area contributed by atoms with Crippen molar-refractivity contribution >= 4 is 22.9 Å². The number of hydrogen-bond donors (Lipinski definition) is 3. The third kappa shape index (κ3) is 2.54. The number of benzene rings is 1. The van der Waals surface area contributed by atoms with Crippen LogP contribution in [0, 0.1) is 0 Å². The van der Waals surface area contributed by atoms with Crippen molar-refractivity contribution in [1.29, 1.82) is 0 Å². The maximum Gasteiger partial charge on any atom is 0.198 e. The second-order valence-electron chi connectivity index (χ2n) is 6.08.